The topological polar surface area (TPSA) is 140 Å². The summed E-state index contributed by atoms with van der Waals surface area (Å²) >= 11 is 6.12. The number of hydrogen-bond donors (Lipinski definition) is 1. The molecule has 0 heterocycles. The van der Waals surface area contributed by atoms with Crippen molar-refractivity contribution in [1.29, 1.82) is 0 Å². The van der Waals surface area contributed by atoms with Crippen LogP contribution < -0.4 is 19.2 Å². The molecule has 3 rings (SSSR count). The summed E-state index contributed by atoms with van der Waals surface area (Å²) in [7, 11) is -1.69. The van der Waals surface area contributed by atoms with Crippen molar-refractivity contribution in [1.82, 2.24) is 5.43 Å². The number of anilines is 1. The average molecular weight is 547 g/mol. The van der Waals surface area contributed by atoms with Gasteiger partial charge in [0, 0.05) is 22.2 Å². The van der Waals surface area contributed by atoms with Gasteiger partial charge >= 0.3 is 0 Å². The van der Waals surface area contributed by atoms with Crippen molar-refractivity contribution in [2.45, 2.75) is 11.8 Å². The highest BCUT2D eigenvalue weighted by Gasteiger charge is 2.31. The molecule has 0 aliphatic heterocycles. The second kappa shape index (κ2) is 11.7. The summed E-state index contributed by atoms with van der Waals surface area (Å²) in [4.78, 5) is 23.2. The first-order valence-electron chi connectivity index (χ1n) is 10.6. The molecular formula is C24H23ClN4O7S. The Balaban J connectivity index is 2.00. The third-order valence-corrected chi connectivity index (χ3v) is 7.18. The lowest BCUT2D eigenvalue weighted by molar-refractivity contribution is -0.385. The summed E-state index contributed by atoms with van der Waals surface area (Å²) in [6.07, 6.45) is 1.35. The first-order valence-corrected chi connectivity index (χ1v) is 12.5. The Hall–Kier alpha value is -4.16. The van der Waals surface area contributed by atoms with Crippen LogP contribution >= 0.6 is 11.6 Å². The average Bonchev–Trinajstić information content (AvgIpc) is 2.87. The van der Waals surface area contributed by atoms with Crippen LogP contribution in [0.4, 0.5) is 11.4 Å². The molecule has 0 saturated carbocycles. The molecular weight excluding hydrogens is 524 g/mol. The fraction of sp³-hybridized carbons (Fsp3) is 0.167. The number of amides is 1. The van der Waals surface area contributed by atoms with Gasteiger partial charge in [-0.25, -0.2) is 13.8 Å². The number of ether oxygens (including phenoxy) is 2. The second-order valence-electron chi connectivity index (χ2n) is 7.57. The van der Waals surface area contributed by atoms with E-state index in [1.54, 1.807) is 24.3 Å². The lowest BCUT2D eigenvalue weighted by Gasteiger charge is -2.25. The minimum absolute atomic E-state index is 0.0397. The van der Waals surface area contributed by atoms with Gasteiger partial charge in [-0.15, -0.1) is 0 Å². The van der Waals surface area contributed by atoms with Crippen molar-refractivity contribution in [3.63, 3.8) is 0 Å². The first-order chi connectivity index (χ1) is 17.6. The number of aryl methyl sites for hydroxylation is 1. The van der Waals surface area contributed by atoms with Crippen molar-refractivity contribution in [2.75, 3.05) is 25.1 Å². The van der Waals surface area contributed by atoms with Gasteiger partial charge < -0.3 is 9.47 Å². The standard InChI is InChI=1S/C24H23ClN4O7S/c1-16-8-10-19(13-20(16)29(31)32)37(33,34)28(21-12-18(25)9-11-23(21)36-3)15-24(30)27-26-14-17-6-4-5-7-22(17)35-2/h4-14H,15H2,1-3H3,(H,27,30)/b26-14-. The highest BCUT2D eigenvalue weighted by molar-refractivity contribution is 7.92. The number of nitrogens with one attached hydrogen (secondary N) is 1. The molecule has 11 nitrogen and oxygen atoms in total. The molecule has 1 amide bonds. The molecule has 0 fully saturated rings. The summed E-state index contributed by atoms with van der Waals surface area (Å²) in [6, 6.07) is 14.7. The third kappa shape index (κ3) is 6.35. The molecule has 194 valence electrons. The summed E-state index contributed by atoms with van der Waals surface area (Å²) in [6.45, 7) is 0.753. The maximum Gasteiger partial charge on any atom is 0.273 e. The number of methoxy groups -OCH3 is 2. The van der Waals surface area contributed by atoms with Gasteiger partial charge in [0.05, 0.1) is 35.9 Å². The molecule has 3 aromatic rings. The smallest absolute Gasteiger partial charge is 0.273 e. The van der Waals surface area contributed by atoms with Crippen LogP contribution in [-0.2, 0) is 14.8 Å². The lowest BCUT2D eigenvalue weighted by atomic mass is 10.2. The molecule has 0 atom stereocenters. The van der Waals surface area contributed by atoms with Gasteiger partial charge in [-0.3, -0.25) is 19.2 Å². The molecule has 3 aromatic carbocycles. The predicted molar refractivity (Wildman–Crippen MR) is 139 cm³/mol. The van der Waals surface area contributed by atoms with Gasteiger partial charge in [-0.1, -0.05) is 29.8 Å². The molecule has 0 bridgehead atoms. The van der Waals surface area contributed by atoms with Gasteiger partial charge in [0.2, 0.25) is 0 Å². The number of carbonyl (C=O) groups excluding carboxylic acids is 1. The molecule has 0 radical (unpaired) electrons. The number of nitro groups is 1. The Kier molecular flexibility index (Phi) is 8.69. The highest BCUT2D eigenvalue weighted by Crippen LogP contribution is 2.35. The van der Waals surface area contributed by atoms with Crippen LogP contribution in [0.25, 0.3) is 0 Å². The Morgan fingerprint density at radius 2 is 1.81 bits per heavy atom. The van der Waals surface area contributed by atoms with E-state index in [9.17, 15) is 23.3 Å². The number of hydrazone groups is 1. The van der Waals surface area contributed by atoms with E-state index in [-0.39, 0.29) is 27.7 Å². The zero-order valence-corrected chi connectivity index (χ0v) is 21.6. The SMILES string of the molecule is COc1ccccc1/C=N\NC(=O)CN(c1cc(Cl)ccc1OC)S(=O)(=O)c1ccc(C)c([N+](=O)[O-])c1. The van der Waals surface area contributed by atoms with E-state index in [0.29, 0.717) is 11.3 Å². The minimum Gasteiger partial charge on any atom is -0.496 e. The number of sulfonamides is 1. The van der Waals surface area contributed by atoms with Gasteiger partial charge in [0.1, 0.15) is 18.0 Å². The molecule has 0 aliphatic rings. The van der Waals surface area contributed by atoms with E-state index in [1.165, 1.54) is 57.7 Å². The van der Waals surface area contributed by atoms with E-state index < -0.39 is 32.3 Å². The molecule has 0 spiro atoms. The molecule has 37 heavy (non-hydrogen) atoms. The zero-order valence-electron chi connectivity index (χ0n) is 20.0. The molecule has 0 aromatic heterocycles. The van der Waals surface area contributed by atoms with E-state index in [2.05, 4.69) is 10.5 Å². The van der Waals surface area contributed by atoms with Crippen molar-refractivity contribution >= 4 is 45.1 Å². The summed E-state index contributed by atoms with van der Waals surface area (Å²) in [5.74, 6) is -0.160. The van der Waals surface area contributed by atoms with Crippen LogP contribution in [0.5, 0.6) is 11.5 Å². The largest absolute Gasteiger partial charge is 0.496 e. The van der Waals surface area contributed by atoms with Crippen LogP contribution in [0.3, 0.4) is 0 Å². The quantitative estimate of drug-likeness (QED) is 0.231. The maximum absolute atomic E-state index is 13.7. The maximum atomic E-state index is 13.7. The van der Waals surface area contributed by atoms with Crippen molar-refractivity contribution in [2.24, 2.45) is 5.10 Å². The summed E-state index contributed by atoms with van der Waals surface area (Å²) in [5.41, 5.74) is 2.72. The molecule has 1 N–H and O–H groups in total. The molecule has 13 heteroatoms. The van der Waals surface area contributed by atoms with Crippen LogP contribution in [0.15, 0.2) is 70.7 Å². The van der Waals surface area contributed by atoms with E-state index in [0.717, 1.165) is 10.4 Å². The Morgan fingerprint density at radius 1 is 1.11 bits per heavy atom. The Morgan fingerprint density at radius 3 is 2.49 bits per heavy atom. The number of hydrogen-bond acceptors (Lipinski definition) is 8. The Labute approximate surface area is 218 Å². The number of carbonyl (C=O) groups is 1. The lowest BCUT2D eigenvalue weighted by Crippen LogP contribution is -2.39. The number of benzene rings is 3. The van der Waals surface area contributed by atoms with Gasteiger partial charge in [0.15, 0.2) is 0 Å². The summed E-state index contributed by atoms with van der Waals surface area (Å²) in [5, 5.41) is 15.5. The van der Waals surface area contributed by atoms with E-state index in [4.69, 9.17) is 21.1 Å². The van der Waals surface area contributed by atoms with Crippen LogP contribution in [0, 0.1) is 17.0 Å². The first kappa shape index (κ1) is 27.4. The van der Waals surface area contributed by atoms with E-state index >= 15 is 0 Å². The van der Waals surface area contributed by atoms with Crippen molar-refractivity contribution < 1.29 is 27.6 Å². The fourth-order valence-electron chi connectivity index (χ4n) is 3.34. The highest BCUT2D eigenvalue weighted by atomic mass is 35.5. The third-order valence-electron chi connectivity index (χ3n) is 5.19. The normalized spacial score (nSPS) is 11.2. The Bertz CT molecular complexity index is 1460. The van der Waals surface area contributed by atoms with Gasteiger partial charge in [-0.2, -0.15) is 5.10 Å². The molecule has 0 aliphatic carbocycles. The number of rotatable bonds is 10. The minimum atomic E-state index is -4.50. The van der Waals surface area contributed by atoms with Gasteiger partial charge in [-0.05, 0) is 43.3 Å². The van der Waals surface area contributed by atoms with Crippen LogP contribution in [-0.4, -0.2) is 46.2 Å². The fourth-order valence-corrected chi connectivity index (χ4v) is 4.95. The van der Waals surface area contributed by atoms with E-state index in [1.807, 2.05) is 0 Å². The second-order valence-corrected chi connectivity index (χ2v) is 9.87. The van der Waals surface area contributed by atoms with Crippen molar-refractivity contribution in [3.8, 4) is 11.5 Å². The zero-order chi connectivity index (χ0) is 27.2. The number of halogens is 1. The number of nitrogens with zero attached hydrogens (tertiary/aromatic N) is 3. The van der Waals surface area contributed by atoms with Crippen molar-refractivity contribution in [3.05, 3.63) is 86.9 Å². The monoisotopic (exact) mass is 546 g/mol. The van der Waals surface area contributed by atoms with Crippen LogP contribution in [0.1, 0.15) is 11.1 Å². The molecule has 0 unspecified atom stereocenters. The van der Waals surface area contributed by atoms with Gasteiger partial charge in [0.25, 0.3) is 21.6 Å². The molecule has 0 saturated heterocycles. The predicted octanol–water partition coefficient (Wildman–Crippen LogP) is 3.92. The summed E-state index contributed by atoms with van der Waals surface area (Å²) < 4.78 is 38.6. The number of nitro benzene ring substituents is 1. The number of para-hydroxylation sites is 1. The van der Waals surface area contributed by atoms with Crippen LogP contribution in [0.2, 0.25) is 5.02 Å².